The van der Waals surface area contributed by atoms with E-state index in [-0.39, 0.29) is 16.4 Å². The average Bonchev–Trinajstić information content (AvgIpc) is 2.75. The molecule has 33 heavy (non-hydrogen) atoms. The smallest absolute Gasteiger partial charge is 0.373 e. The van der Waals surface area contributed by atoms with Crippen LogP contribution in [0.2, 0.25) is 5.02 Å². The number of rotatable bonds is 6. The Kier molecular flexibility index (Phi) is 7.83. The molecule has 2 aromatic rings. The molecule has 0 spiro atoms. The average molecular weight is 510 g/mol. The summed E-state index contributed by atoms with van der Waals surface area (Å²) >= 11 is 5.70. The molecule has 1 aliphatic rings. The van der Waals surface area contributed by atoms with Crippen LogP contribution in [0.5, 0.6) is 0 Å². The topological polar surface area (TPSA) is 96.5 Å². The number of hydrogen-bond acceptors (Lipinski definition) is 4. The third-order valence-electron chi connectivity index (χ3n) is 4.75. The Morgan fingerprint density at radius 3 is 2.52 bits per heavy atom. The molecule has 7 nitrogen and oxygen atoms in total. The monoisotopic (exact) mass is 509 g/mol. The van der Waals surface area contributed by atoms with Crippen LogP contribution >= 0.6 is 11.6 Å². The number of carbonyl (C=O) groups excluding carboxylic acids is 1. The number of carbonyl (C=O) groups is 1. The van der Waals surface area contributed by atoms with Gasteiger partial charge in [0.15, 0.2) is 0 Å². The van der Waals surface area contributed by atoms with Crippen LogP contribution in [0.4, 0.5) is 33.7 Å². The van der Waals surface area contributed by atoms with Gasteiger partial charge in [-0.15, -0.1) is 0 Å². The summed E-state index contributed by atoms with van der Waals surface area (Å²) in [6.07, 6.45) is -2.87. The molecule has 0 radical (unpaired) electrons. The Bertz CT molecular complexity index is 1120. The molecule has 1 heterocycles. The van der Waals surface area contributed by atoms with Gasteiger partial charge in [0.25, 0.3) is 0 Å². The van der Waals surface area contributed by atoms with Crippen molar-refractivity contribution >= 4 is 39.0 Å². The van der Waals surface area contributed by atoms with Gasteiger partial charge in [-0.3, -0.25) is 0 Å². The van der Waals surface area contributed by atoms with Crippen molar-refractivity contribution in [2.45, 2.75) is 36.4 Å². The highest BCUT2D eigenvalue weighted by Crippen LogP contribution is 2.34. The SMILES string of the molecule is O=C(Nc1ccc(F)c(Cl)c1)Nc1cc(S(=O)(=O)NCC(F)(F)F)ccc1C1CCCCO1. The molecular weight excluding hydrogens is 490 g/mol. The Hall–Kier alpha value is -2.41. The lowest BCUT2D eigenvalue weighted by atomic mass is 10.00. The zero-order valence-corrected chi connectivity index (χ0v) is 18.6. The van der Waals surface area contributed by atoms with Crippen LogP contribution < -0.4 is 15.4 Å². The van der Waals surface area contributed by atoms with Gasteiger partial charge in [-0.1, -0.05) is 17.7 Å². The number of urea groups is 1. The van der Waals surface area contributed by atoms with E-state index in [1.807, 2.05) is 0 Å². The number of nitrogens with one attached hydrogen (secondary N) is 3. The summed E-state index contributed by atoms with van der Waals surface area (Å²) in [6.45, 7) is -1.27. The molecule has 1 atom stereocenters. The number of ether oxygens (including phenoxy) is 1. The van der Waals surface area contributed by atoms with Crippen LogP contribution in [-0.2, 0) is 14.8 Å². The maximum Gasteiger partial charge on any atom is 0.402 e. The normalized spacial score (nSPS) is 16.9. The van der Waals surface area contributed by atoms with Crippen molar-refractivity contribution in [2.75, 3.05) is 23.8 Å². The van der Waals surface area contributed by atoms with Crippen LogP contribution in [0, 0.1) is 5.82 Å². The first kappa shape index (κ1) is 25.2. The van der Waals surface area contributed by atoms with Gasteiger partial charge in [0.2, 0.25) is 10.0 Å². The number of amides is 2. The molecule has 0 aliphatic carbocycles. The summed E-state index contributed by atoms with van der Waals surface area (Å²) < 4.78 is 82.6. The van der Waals surface area contributed by atoms with Gasteiger partial charge >= 0.3 is 12.2 Å². The van der Waals surface area contributed by atoms with Crippen molar-refractivity contribution in [2.24, 2.45) is 0 Å². The van der Waals surface area contributed by atoms with Gasteiger partial charge < -0.3 is 15.4 Å². The molecule has 180 valence electrons. The predicted octanol–water partition coefficient (Wildman–Crippen LogP) is 5.21. The van der Waals surface area contributed by atoms with Gasteiger partial charge in [0.1, 0.15) is 12.4 Å². The van der Waals surface area contributed by atoms with Crippen molar-refractivity contribution < 1.29 is 35.5 Å². The summed E-state index contributed by atoms with van der Waals surface area (Å²) in [5.41, 5.74) is 0.684. The van der Waals surface area contributed by atoms with Crippen molar-refractivity contribution in [3.8, 4) is 0 Å². The standard InChI is InChI=1S/C20H20ClF4N3O4S/c21-15-9-12(4-7-16(15)22)27-19(29)28-17-10-13(33(30,31)26-11-20(23,24)25)5-6-14(17)18-3-1-2-8-32-18/h4-7,9-10,18,26H,1-3,8,11H2,(H2,27,28,29). The zero-order valence-electron chi connectivity index (χ0n) is 17.0. The number of anilines is 2. The number of hydrogen-bond donors (Lipinski definition) is 3. The molecule has 1 saturated heterocycles. The van der Waals surface area contributed by atoms with Crippen LogP contribution in [0.1, 0.15) is 30.9 Å². The lowest BCUT2D eigenvalue weighted by Crippen LogP contribution is -2.33. The van der Waals surface area contributed by atoms with E-state index in [9.17, 15) is 30.8 Å². The molecule has 3 N–H and O–H groups in total. The second kappa shape index (κ2) is 10.2. The molecule has 2 amide bonds. The highest BCUT2D eigenvalue weighted by molar-refractivity contribution is 7.89. The number of benzene rings is 2. The van der Waals surface area contributed by atoms with Crippen LogP contribution in [0.15, 0.2) is 41.3 Å². The van der Waals surface area contributed by atoms with Gasteiger partial charge in [-0.2, -0.15) is 13.2 Å². The minimum absolute atomic E-state index is 0.0440. The fourth-order valence-corrected chi connectivity index (χ4v) is 4.42. The summed E-state index contributed by atoms with van der Waals surface area (Å²) in [5.74, 6) is -0.677. The molecule has 1 aliphatic heterocycles. The van der Waals surface area contributed by atoms with Gasteiger partial charge in [-0.05, 0) is 49.6 Å². The first-order valence-electron chi connectivity index (χ1n) is 9.80. The van der Waals surface area contributed by atoms with E-state index in [0.717, 1.165) is 31.0 Å². The number of halogens is 5. The molecule has 1 unspecified atom stereocenters. The Morgan fingerprint density at radius 2 is 1.88 bits per heavy atom. The molecule has 2 aromatic carbocycles. The zero-order chi connectivity index (χ0) is 24.2. The Morgan fingerprint density at radius 1 is 1.12 bits per heavy atom. The summed E-state index contributed by atoms with van der Waals surface area (Å²) in [7, 11) is -4.51. The summed E-state index contributed by atoms with van der Waals surface area (Å²) in [4.78, 5) is 12.1. The maximum absolute atomic E-state index is 13.3. The minimum Gasteiger partial charge on any atom is -0.373 e. The number of alkyl halides is 3. The van der Waals surface area contributed by atoms with E-state index in [0.29, 0.717) is 18.6 Å². The van der Waals surface area contributed by atoms with E-state index in [1.165, 1.54) is 22.9 Å². The first-order chi connectivity index (χ1) is 15.4. The van der Waals surface area contributed by atoms with E-state index < -0.39 is 45.6 Å². The van der Waals surface area contributed by atoms with E-state index in [4.69, 9.17) is 16.3 Å². The molecule has 3 rings (SSSR count). The summed E-state index contributed by atoms with van der Waals surface area (Å²) in [6, 6.07) is 6.31. The van der Waals surface area contributed by atoms with Crippen LogP contribution in [-0.4, -0.2) is 33.8 Å². The van der Waals surface area contributed by atoms with E-state index in [2.05, 4.69) is 10.6 Å². The first-order valence-corrected chi connectivity index (χ1v) is 11.7. The highest BCUT2D eigenvalue weighted by Gasteiger charge is 2.31. The maximum atomic E-state index is 13.3. The third kappa shape index (κ3) is 7.03. The quantitative estimate of drug-likeness (QED) is 0.466. The van der Waals surface area contributed by atoms with Crippen molar-refractivity contribution in [3.05, 3.63) is 52.8 Å². The van der Waals surface area contributed by atoms with E-state index >= 15 is 0 Å². The predicted molar refractivity (Wildman–Crippen MR) is 114 cm³/mol. The van der Waals surface area contributed by atoms with Crippen molar-refractivity contribution in [1.29, 1.82) is 0 Å². The lowest BCUT2D eigenvalue weighted by molar-refractivity contribution is -0.121. The molecular formula is C20H20ClF4N3O4S. The molecule has 0 bridgehead atoms. The number of sulfonamides is 1. The largest absolute Gasteiger partial charge is 0.402 e. The molecule has 1 fully saturated rings. The fraction of sp³-hybridized carbons (Fsp3) is 0.350. The molecule has 0 aromatic heterocycles. The van der Waals surface area contributed by atoms with Crippen LogP contribution in [0.3, 0.4) is 0 Å². The third-order valence-corrected chi connectivity index (χ3v) is 6.44. The lowest BCUT2D eigenvalue weighted by Gasteiger charge is -2.25. The van der Waals surface area contributed by atoms with Crippen molar-refractivity contribution in [3.63, 3.8) is 0 Å². The van der Waals surface area contributed by atoms with Gasteiger partial charge in [-0.25, -0.2) is 22.3 Å². The Labute approximate surface area is 192 Å². The minimum atomic E-state index is -4.74. The van der Waals surface area contributed by atoms with E-state index in [1.54, 1.807) is 0 Å². The molecule has 0 saturated carbocycles. The molecule has 13 heteroatoms. The van der Waals surface area contributed by atoms with Crippen molar-refractivity contribution in [1.82, 2.24) is 4.72 Å². The van der Waals surface area contributed by atoms with Gasteiger partial charge in [0, 0.05) is 23.5 Å². The Balaban J connectivity index is 1.87. The summed E-state index contributed by atoms with van der Waals surface area (Å²) in [5, 5.41) is 4.72. The second-order valence-electron chi connectivity index (χ2n) is 7.25. The van der Waals surface area contributed by atoms with Gasteiger partial charge in [0.05, 0.1) is 16.0 Å². The van der Waals surface area contributed by atoms with Crippen LogP contribution in [0.25, 0.3) is 0 Å². The fourth-order valence-electron chi connectivity index (χ4n) is 3.20. The highest BCUT2D eigenvalue weighted by atomic mass is 35.5. The second-order valence-corrected chi connectivity index (χ2v) is 9.43.